The van der Waals surface area contributed by atoms with Crippen molar-refractivity contribution < 1.29 is 14.3 Å². The summed E-state index contributed by atoms with van der Waals surface area (Å²) in [6.07, 6.45) is 6.83. The van der Waals surface area contributed by atoms with E-state index in [1.165, 1.54) is 12.5 Å². The second-order valence-electron chi connectivity index (χ2n) is 6.43. The summed E-state index contributed by atoms with van der Waals surface area (Å²) in [5.74, 6) is 0.688. The molecule has 1 N–H and O–H groups in total. The first-order valence-electron chi connectivity index (χ1n) is 9.40. The fourth-order valence-corrected chi connectivity index (χ4v) is 2.92. The molecular formula is C19H19ClN8O3. The Morgan fingerprint density at radius 3 is 2.81 bits per heavy atom. The highest BCUT2D eigenvalue weighted by atomic mass is 35.5. The molecule has 1 unspecified atom stereocenters. The highest BCUT2D eigenvalue weighted by Gasteiger charge is 2.24. The maximum atomic E-state index is 12.8. The number of halogens is 1. The molecule has 31 heavy (non-hydrogen) atoms. The van der Waals surface area contributed by atoms with E-state index in [1.807, 2.05) is 14.0 Å². The van der Waals surface area contributed by atoms with Crippen molar-refractivity contribution in [3.63, 3.8) is 0 Å². The van der Waals surface area contributed by atoms with Crippen LogP contribution in [-0.4, -0.2) is 59.5 Å². The summed E-state index contributed by atoms with van der Waals surface area (Å²) in [5.41, 5.74) is 0.495. The van der Waals surface area contributed by atoms with Crippen LogP contribution >= 0.6 is 11.6 Å². The number of aromatic nitrogens is 7. The summed E-state index contributed by atoms with van der Waals surface area (Å²) in [4.78, 5) is 29.6. The molecule has 0 fully saturated rings. The van der Waals surface area contributed by atoms with Crippen LogP contribution in [0.1, 0.15) is 6.92 Å². The van der Waals surface area contributed by atoms with Crippen LogP contribution < -0.4 is 10.1 Å². The van der Waals surface area contributed by atoms with Gasteiger partial charge in [0.25, 0.3) is 5.91 Å². The van der Waals surface area contributed by atoms with Gasteiger partial charge in [0, 0.05) is 32.2 Å². The van der Waals surface area contributed by atoms with Crippen molar-refractivity contribution >= 4 is 34.4 Å². The second kappa shape index (κ2) is 9.06. The number of hydrogen-bond donors (Lipinski definition) is 1. The number of nitrogens with zero attached hydrogens (tertiary/aromatic N) is 7. The Hall–Kier alpha value is -3.57. The van der Waals surface area contributed by atoms with E-state index in [0.29, 0.717) is 34.4 Å². The van der Waals surface area contributed by atoms with Crippen LogP contribution in [0, 0.1) is 0 Å². The lowest BCUT2D eigenvalue weighted by molar-refractivity contribution is -0.125. The third-order valence-corrected chi connectivity index (χ3v) is 4.54. The van der Waals surface area contributed by atoms with Gasteiger partial charge in [0.1, 0.15) is 17.5 Å². The Bertz CT molecular complexity index is 1190. The van der Waals surface area contributed by atoms with Gasteiger partial charge in [-0.3, -0.25) is 4.79 Å². The number of ether oxygens (including phenoxy) is 2. The molecule has 0 aromatic carbocycles. The molecule has 0 saturated heterocycles. The van der Waals surface area contributed by atoms with Crippen molar-refractivity contribution in [2.45, 2.75) is 13.0 Å². The normalized spacial score (nSPS) is 12.1. The maximum Gasteiger partial charge on any atom is 0.269 e. The molecule has 12 heteroatoms. The van der Waals surface area contributed by atoms with Crippen molar-refractivity contribution in [3.8, 4) is 11.8 Å². The molecule has 0 aliphatic rings. The quantitative estimate of drug-likeness (QED) is 0.439. The molecule has 1 amide bonds. The summed E-state index contributed by atoms with van der Waals surface area (Å²) in [6.45, 7) is 2.27. The average molecular weight is 443 g/mol. The van der Waals surface area contributed by atoms with Gasteiger partial charge < -0.3 is 19.4 Å². The predicted octanol–water partition coefficient (Wildman–Crippen LogP) is 2.02. The van der Waals surface area contributed by atoms with E-state index in [4.69, 9.17) is 21.1 Å². The molecule has 0 saturated carbocycles. The number of amides is 1. The lowest BCUT2D eigenvalue weighted by Crippen LogP contribution is -2.37. The number of imidazole rings is 1. The zero-order chi connectivity index (χ0) is 21.8. The molecule has 4 aromatic rings. The Balaban J connectivity index is 1.60. The number of fused-ring (bicyclic) bond motifs is 1. The molecule has 0 aliphatic heterocycles. The van der Waals surface area contributed by atoms with E-state index in [1.54, 1.807) is 40.0 Å². The van der Waals surface area contributed by atoms with Crippen molar-refractivity contribution in [2.24, 2.45) is 7.05 Å². The lowest BCUT2D eigenvalue weighted by atomic mass is 10.3. The number of anilines is 1. The first kappa shape index (κ1) is 20.7. The Labute approximate surface area is 182 Å². The largest absolute Gasteiger partial charge is 0.461 e. The van der Waals surface area contributed by atoms with Gasteiger partial charge in [-0.05, 0) is 19.1 Å². The molecule has 4 rings (SSSR count). The van der Waals surface area contributed by atoms with Crippen molar-refractivity contribution in [2.75, 3.05) is 18.5 Å². The number of nitrogens with one attached hydrogen (secondary N) is 1. The molecular weight excluding hydrogens is 424 g/mol. The molecule has 0 radical (unpaired) electrons. The molecule has 4 aromatic heterocycles. The number of hydrogen-bond acceptors (Lipinski definition) is 8. The molecule has 0 aliphatic carbocycles. The van der Waals surface area contributed by atoms with Crippen molar-refractivity contribution in [1.29, 1.82) is 0 Å². The van der Waals surface area contributed by atoms with Crippen LogP contribution in [0.2, 0.25) is 5.02 Å². The van der Waals surface area contributed by atoms with Gasteiger partial charge >= 0.3 is 0 Å². The first-order chi connectivity index (χ1) is 15.1. The molecule has 160 valence electrons. The van der Waals surface area contributed by atoms with E-state index < -0.39 is 12.0 Å². The second-order valence-corrected chi connectivity index (χ2v) is 6.86. The summed E-state index contributed by atoms with van der Waals surface area (Å²) in [5, 5.41) is 8.03. The minimum absolute atomic E-state index is 0.0227. The highest BCUT2D eigenvalue weighted by molar-refractivity contribution is 6.30. The zero-order valence-electron chi connectivity index (χ0n) is 16.8. The lowest BCUT2D eigenvalue weighted by Gasteiger charge is -2.18. The van der Waals surface area contributed by atoms with Gasteiger partial charge in [-0.2, -0.15) is 9.78 Å². The fourth-order valence-electron chi connectivity index (χ4n) is 2.80. The summed E-state index contributed by atoms with van der Waals surface area (Å²) < 4.78 is 14.7. The monoisotopic (exact) mass is 442 g/mol. The fraction of sp³-hybridized carbons (Fsp3) is 0.263. The Morgan fingerprint density at radius 2 is 2.10 bits per heavy atom. The number of rotatable bonds is 8. The zero-order valence-corrected chi connectivity index (χ0v) is 17.5. The topological polar surface area (TPSA) is 122 Å². The Morgan fingerprint density at radius 1 is 1.23 bits per heavy atom. The number of carbonyl (C=O) groups is 1. The number of carbonyl (C=O) groups excluding carboxylic acids is 1. The standard InChI is InChI=1S/C19H19ClN8O3/c1-3-30-10-14(17(29)26-15-5-4-12(20)8-22-15)31-18-13-9-25-28(16(13)23-11-24-18)19-21-6-7-27(19)2/h4-9,11,14H,3,10H2,1-2H3,(H,22,26,29). The van der Waals surface area contributed by atoms with Crippen LogP contribution in [0.5, 0.6) is 5.88 Å². The minimum Gasteiger partial charge on any atom is -0.461 e. The summed E-state index contributed by atoms with van der Waals surface area (Å²) >= 11 is 5.84. The van der Waals surface area contributed by atoms with Crippen LogP contribution in [0.4, 0.5) is 5.82 Å². The van der Waals surface area contributed by atoms with E-state index in [2.05, 4.69) is 30.4 Å². The van der Waals surface area contributed by atoms with Crippen molar-refractivity contribution in [3.05, 3.63) is 48.3 Å². The molecule has 1 atom stereocenters. The maximum absolute atomic E-state index is 12.8. The highest BCUT2D eigenvalue weighted by Crippen LogP contribution is 2.24. The van der Waals surface area contributed by atoms with Crippen molar-refractivity contribution in [1.82, 2.24) is 34.3 Å². The third kappa shape index (κ3) is 4.47. The smallest absolute Gasteiger partial charge is 0.269 e. The van der Waals surface area contributed by atoms with E-state index in [9.17, 15) is 4.79 Å². The first-order valence-corrected chi connectivity index (χ1v) is 9.78. The van der Waals surface area contributed by atoms with E-state index in [-0.39, 0.29) is 12.5 Å². The average Bonchev–Trinajstić information content (AvgIpc) is 3.38. The van der Waals surface area contributed by atoms with E-state index in [0.717, 1.165) is 0 Å². The van der Waals surface area contributed by atoms with Crippen LogP contribution in [0.3, 0.4) is 0 Å². The number of pyridine rings is 1. The summed E-state index contributed by atoms with van der Waals surface area (Å²) in [6, 6.07) is 3.22. The van der Waals surface area contributed by atoms with Gasteiger partial charge in [0.15, 0.2) is 5.65 Å². The van der Waals surface area contributed by atoms with Gasteiger partial charge in [-0.25, -0.2) is 19.9 Å². The van der Waals surface area contributed by atoms with Gasteiger partial charge in [0.05, 0.1) is 17.8 Å². The van der Waals surface area contributed by atoms with E-state index >= 15 is 0 Å². The SMILES string of the molecule is CCOCC(Oc1ncnc2c1cnn2-c1nccn1C)C(=O)Nc1ccc(Cl)cn1. The molecule has 0 bridgehead atoms. The predicted molar refractivity (Wildman–Crippen MR) is 112 cm³/mol. The Kier molecular flexibility index (Phi) is 6.05. The molecule has 0 spiro atoms. The van der Waals surface area contributed by atoms with Gasteiger partial charge in [-0.1, -0.05) is 11.6 Å². The van der Waals surface area contributed by atoms with Crippen LogP contribution in [-0.2, 0) is 16.6 Å². The summed E-state index contributed by atoms with van der Waals surface area (Å²) in [7, 11) is 1.85. The third-order valence-electron chi connectivity index (χ3n) is 4.31. The minimum atomic E-state index is -0.980. The molecule has 4 heterocycles. The molecule has 11 nitrogen and oxygen atoms in total. The number of aryl methyl sites for hydroxylation is 1. The van der Waals surface area contributed by atoms with Gasteiger partial charge in [0.2, 0.25) is 17.9 Å². The van der Waals surface area contributed by atoms with Crippen LogP contribution in [0.15, 0.2) is 43.2 Å². The van der Waals surface area contributed by atoms with Crippen LogP contribution in [0.25, 0.3) is 17.0 Å². The van der Waals surface area contributed by atoms with Gasteiger partial charge in [-0.15, -0.1) is 0 Å².